The number of aryl methyl sites for hydroxylation is 3. The Morgan fingerprint density at radius 2 is 0.795 bits per heavy atom. The number of thiophene rings is 2. The first-order valence-electron chi connectivity index (χ1n) is 38.9. The van der Waals surface area contributed by atoms with E-state index < -0.39 is 0 Å². The van der Waals surface area contributed by atoms with Gasteiger partial charge in [0.05, 0.1) is 0 Å². The summed E-state index contributed by atoms with van der Waals surface area (Å²) in [6, 6.07) is 102. The Bertz CT molecular complexity index is 6030. The maximum Gasteiger partial charge on any atom is 3.00 e. The van der Waals surface area contributed by atoms with Crippen LogP contribution in [-0.4, -0.2) is 9.97 Å². The molecule has 0 unspecified atom stereocenters. The molecule has 0 amide bonds. The molecule has 112 heavy (non-hydrogen) atoms. The van der Waals surface area contributed by atoms with Gasteiger partial charge in [0, 0.05) is 16.8 Å². The van der Waals surface area contributed by atoms with Crippen molar-refractivity contribution in [2.45, 2.75) is 157 Å². The first-order valence-corrected chi connectivity index (χ1v) is 40.5. The Labute approximate surface area is 703 Å². The predicted molar refractivity (Wildman–Crippen MR) is 466 cm³/mol. The van der Waals surface area contributed by atoms with Gasteiger partial charge in [0.25, 0.3) is 0 Å². The summed E-state index contributed by atoms with van der Waals surface area (Å²) < 4.78 is 2.43. The molecule has 3 aliphatic rings. The molecule has 15 aromatic rings. The van der Waals surface area contributed by atoms with Crippen molar-refractivity contribution in [1.29, 1.82) is 0 Å². The summed E-state index contributed by atoms with van der Waals surface area (Å²) in [7, 11) is 0. The number of benzene rings is 11. The maximum atomic E-state index is 5.55. The number of nitrogens with zero attached hydrogens (tertiary/aromatic N) is 4. The average Bonchev–Trinajstić information content (AvgIpc) is 1.35. The van der Waals surface area contributed by atoms with Gasteiger partial charge in [-0.25, -0.2) is 0 Å². The van der Waals surface area contributed by atoms with E-state index in [1.807, 2.05) is 0 Å². The van der Waals surface area contributed by atoms with Gasteiger partial charge in [-0.1, -0.05) is 276 Å². The number of hydrogen-bond acceptors (Lipinski definition) is 6. The number of rotatable bonds is 10. The summed E-state index contributed by atoms with van der Waals surface area (Å²) in [6.45, 7) is 34.0. The number of anilines is 6. The third kappa shape index (κ3) is 14.7. The fourth-order valence-electron chi connectivity index (χ4n) is 16.4. The van der Waals surface area contributed by atoms with Gasteiger partial charge in [-0.2, -0.15) is 0 Å². The Morgan fingerprint density at radius 3 is 1.24 bits per heavy atom. The SMILES string of the molecule is CC(C)(C)c1c[c-]c(-c2cc(-c3ccc(C(C)(C)C)cc3)c3c(n2)-c2[c-]c(N(c4ccc5c(c4)C(C)(C)c4ccccc4-5)c4[c-]sc5ccccc45)ccc2CC3)cc1.Cc1ccc(N(c2[c-]c3c(cc2)CCc2c(-c4ccc(C(C)(C)C)cc4)cc(-c4[c-]cc(C(C)(C)C)cc4)nc2-3)c2[c-]sc3ccccc23)cc1.[Au+3].[Au+3]. The van der Waals surface area contributed by atoms with Crippen molar-refractivity contribution in [2.75, 3.05) is 9.80 Å². The fourth-order valence-corrected chi connectivity index (χ4v) is 18.0. The molecule has 0 spiro atoms. The molecule has 8 heteroatoms. The normalized spacial score (nSPS) is 13.3. The first kappa shape index (κ1) is 78.0. The molecule has 11 aromatic carbocycles. The van der Waals surface area contributed by atoms with Crippen LogP contribution in [0.3, 0.4) is 0 Å². The zero-order chi connectivity index (χ0) is 76.3. The summed E-state index contributed by atoms with van der Waals surface area (Å²) >= 11 is 3.33. The third-order valence-electron chi connectivity index (χ3n) is 22.9. The summed E-state index contributed by atoms with van der Waals surface area (Å²) in [6.07, 6.45) is 3.71. The minimum Gasteiger partial charge on any atom is -0.352 e. The molecule has 0 fully saturated rings. The van der Waals surface area contributed by atoms with Crippen LogP contribution in [0.4, 0.5) is 34.1 Å². The van der Waals surface area contributed by atoms with E-state index in [0.29, 0.717) is 0 Å². The van der Waals surface area contributed by atoms with Crippen molar-refractivity contribution in [1.82, 2.24) is 9.97 Å². The maximum absolute atomic E-state index is 5.55. The van der Waals surface area contributed by atoms with Crippen LogP contribution in [0.5, 0.6) is 0 Å². The molecule has 18 rings (SSSR count). The minimum absolute atomic E-state index is 0. The molecular weight excluding hydrogens is 1760 g/mol. The smallest absolute Gasteiger partial charge is 0.352 e. The van der Waals surface area contributed by atoms with Crippen molar-refractivity contribution < 1.29 is 44.8 Å². The predicted octanol–water partition coefficient (Wildman–Crippen LogP) is 28.3. The van der Waals surface area contributed by atoms with E-state index in [-0.39, 0.29) is 71.8 Å². The van der Waals surface area contributed by atoms with Crippen LogP contribution in [0.1, 0.15) is 158 Å². The third-order valence-corrected chi connectivity index (χ3v) is 24.7. The molecule has 4 heterocycles. The Balaban J connectivity index is 0.000000176. The largest absolute Gasteiger partial charge is 3.00 e. The Morgan fingerprint density at radius 1 is 0.384 bits per heavy atom. The molecule has 0 bridgehead atoms. The zero-order valence-corrected chi connectivity index (χ0v) is 72.5. The quantitative estimate of drug-likeness (QED) is 0.101. The molecule has 4 nitrogen and oxygen atoms in total. The van der Waals surface area contributed by atoms with E-state index in [4.69, 9.17) is 9.97 Å². The van der Waals surface area contributed by atoms with Crippen molar-refractivity contribution >= 4 is 77.0 Å². The van der Waals surface area contributed by atoms with Crippen LogP contribution in [0.25, 0.3) is 98.6 Å². The van der Waals surface area contributed by atoms with Gasteiger partial charge in [-0.05, 0) is 155 Å². The van der Waals surface area contributed by atoms with Crippen LogP contribution >= 0.6 is 22.7 Å². The summed E-state index contributed by atoms with van der Waals surface area (Å²) in [4.78, 5) is 15.7. The van der Waals surface area contributed by atoms with Gasteiger partial charge < -0.3 is 19.8 Å². The van der Waals surface area contributed by atoms with Crippen LogP contribution < -0.4 is 9.80 Å². The summed E-state index contributed by atoms with van der Waals surface area (Å²) in [5.74, 6) is 0. The standard InChI is InChI=1S/C56H49N2S.C48H43N2S.2Au/c1-54(2,3)38-23-17-35(18-24-38)46-33-50(37-19-25-39(26-20-37)55(4,5)6)57-53-44(46)29-22-36-21-27-40(31-47(36)53)58(51-34-59-52-16-12-10-14-45(51)52)41-28-30-43-42-13-9-11-15-48(42)56(7,8)49(43)32-41;1-31-12-24-37(25-13-31)50(44-30-51-45-11-9-8-10-40(44)45)38-26-18-33-19-27-39-41(32-14-20-35(21-15-32)47(2,3)4)29-43(49-46(39)42(33)28-38)34-16-22-36(23-17-34)48(5,6)7;;/h9-19,21,23-28,30,32-33H,22,29H2,1-8H3;8-16,18,20-26,29H,19,27H2,1-7H3;;/q2*-3;2*+3. The molecule has 0 aliphatic heterocycles. The molecule has 4 aromatic heterocycles. The van der Waals surface area contributed by atoms with Crippen molar-refractivity contribution in [2.24, 2.45) is 0 Å². The monoisotopic (exact) mass is 1850 g/mol. The Kier molecular flexibility index (Phi) is 21.1. The Hall–Kier alpha value is -9.28. The van der Waals surface area contributed by atoms with E-state index in [2.05, 4.69) is 385 Å². The zero-order valence-electron chi connectivity index (χ0n) is 66.6. The average molecular weight is 1860 g/mol. The van der Waals surface area contributed by atoms with E-state index in [1.165, 1.54) is 115 Å². The van der Waals surface area contributed by atoms with E-state index in [1.54, 1.807) is 22.7 Å². The molecule has 0 N–H and O–H groups in total. The second kappa shape index (κ2) is 30.2. The van der Waals surface area contributed by atoms with Gasteiger partial charge in [0.2, 0.25) is 0 Å². The number of fused-ring (bicyclic) bond motifs is 11. The van der Waals surface area contributed by atoms with E-state index in [9.17, 15) is 0 Å². The van der Waals surface area contributed by atoms with E-state index in [0.717, 1.165) is 105 Å². The van der Waals surface area contributed by atoms with Crippen LogP contribution in [0, 0.1) is 41.9 Å². The molecule has 0 atom stereocenters. The number of aromatic nitrogens is 2. The first-order chi connectivity index (χ1) is 52.7. The second-order valence-electron chi connectivity index (χ2n) is 34.9. The van der Waals surface area contributed by atoms with Crippen LogP contribution in [0.15, 0.2) is 237 Å². The molecule has 562 valence electrons. The van der Waals surface area contributed by atoms with Gasteiger partial charge >= 0.3 is 44.8 Å². The van der Waals surface area contributed by atoms with Gasteiger partial charge in [0.1, 0.15) is 0 Å². The minimum atomic E-state index is -0.129. The molecule has 3 aliphatic carbocycles. The molecule has 0 saturated carbocycles. The number of pyridine rings is 2. The fraction of sp³-hybridized carbons (Fsp3) is 0.231. The van der Waals surface area contributed by atoms with Crippen molar-refractivity contribution in [3.8, 4) is 78.4 Å². The second-order valence-corrected chi connectivity index (χ2v) is 36.6. The molecule has 0 radical (unpaired) electrons. The van der Waals surface area contributed by atoms with Crippen LogP contribution in [0.2, 0.25) is 0 Å². The molecular formula is C104H92Au2N4S2. The van der Waals surface area contributed by atoms with E-state index >= 15 is 0 Å². The van der Waals surface area contributed by atoms with Crippen molar-refractivity contribution in [3.63, 3.8) is 0 Å². The summed E-state index contributed by atoms with van der Waals surface area (Å²) in [5, 5.41) is 9.75. The molecule has 0 saturated heterocycles. The van der Waals surface area contributed by atoms with Gasteiger partial charge in [0.15, 0.2) is 0 Å². The van der Waals surface area contributed by atoms with Crippen molar-refractivity contribution in [3.05, 3.63) is 333 Å². The summed E-state index contributed by atoms with van der Waals surface area (Å²) in [5.41, 5.74) is 36.2. The topological polar surface area (TPSA) is 32.3 Å². The van der Waals surface area contributed by atoms with Gasteiger partial charge in [-0.15, -0.1) is 174 Å². The number of hydrogen-bond donors (Lipinski definition) is 0. The van der Waals surface area contributed by atoms with Crippen LogP contribution in [-0.2, 0) is 97.5 Å². The van der Waals surface area contributed by atoms with Gasteiger partial charge in [-0.3, -0.25) is 22.7 Å².